The number of hydrogen-bond acceptors (Lipinski definition) is 2. The molecule has 0 N–H and O–H groups in total. The molecule has 0 saturated carbocycles. The molecule has 0 bridgehead atoms. The molecule has 0 fully saturated rings. The van der Waals surface area contributed by atoms with E-state index in [1.54, 1.807) is 0 Å². The summed E-state index contributed by atoms with van der Waals surface area (Å²) in [6, 6.07) is 0. The van der Waals surface area contributed by atoms with Gasteiger partial charge in [0.2, 0.25) is 0 Å². The van der Waals surface area contributed by atoms with Crippen LogP contribution in [-0.2, 0) is 9.47 Å². The van der Waals surface area contributed by atoms with Crippen LogP contribution in [0.25, 0.3) is 0 Å². The normalized spacial score (nSPS) is 12.9. The van der Waals surface area contributed by atoms with Crippen LogP contribution in [0.1, 0.15) is 20.3 Å². The maximum absolute atomic E-state index is 5.34. The summed E-state index contributed by atoms with van der Waals surface area (Å²) in [5.41, 5.74) is 0. The van der Waals surface area contributed by atoms with E-state index in [9.17, 15) is 0 Å². The Morgan fingerprint density at radius 2 is 2.09 bits per heavy atom. The van der Waals surface area contributed by atoms with Crippen molar-refractivity contribution in [1.29, 1.82) is 0 Å². The Kier molecular flexibility index (Phi) is 7.52. The molecule has 0 aromatic rings. The first-order chi connectivity index (χ1) is 5.35. The van der Waals surface area contributed by atoms with Crippen LogP contribution < -0.4 is 0 Å². The first kappa shape index (κ1) is 10.7. The van der Waals surface area contributed by atoms with Gasteiger partial charge >= 0.3 is 0 Å². The lowest BCUT2D eigenvalue weighted by atomic mass is 10.2. The third kappa shape index (κ3) is 6.07. The van der Waals surface area contributed by atoms with Gasteiger partial charge in [-0.05, 0) is 13.8 Å². The summed E-state index contributed by atoms with van der Waals surface area (Å²) < 4.78 is 10.5. The van der Waals surface area contributed by atoms with Crippen molar-refractivity contribution >= 4 is 0 Å². The van der Waals surface area contributed by atoms with Crippen molar-refractivity contribution in [3.63, 3.8) is 0 Å². The fraction of sp³-hybridized carbons (Fsp3) is 0.778. The van der Waals surface area contributed by atoms with E-state index in [2.05, 4.69) is 6.58 Å². The molecule has 0 heterocycles. The predicted octanol–water partition coefficient (Wildman–Crippen LogP) is 2.00. The molecule has 0 aliphatic rings. The van der Waals surface area contributed by atoms with Gasteiger partial charge in [0.15, 0.2) is 0 Å². The van der Waals surface area contributed by atoms with Crippen molar-refractivity contribution in [2.24, 2.45) is 0 Å². The fourth-order valence-corrected chi connectivity index (χ4v) is 0.827. The second-order valence-electron chi connectivity index (χ2n) is 2.22. The molecule has 0 spiro atoms. The molecule has 11 heavy (non-hydrogen) atoms. The third-order valence-electron chi connectivity index (χ3n) is 1.39. The lowest BCUT2D eigenvalue weighted by Crippen LogP contribution is -2.12. The Morgan fingerprint density at radius 1 is 1.36 bits per heavy atom. The summed E-state index contributed by atoms with van der Waals surface area (Å²) in [4.78, 5) is 0. The molecule has 0 aromatic carbocycles. The zero-order chi connectivity index (χ0) is 8.53. The van der Waals surface area contributed by atoms with E-state index in [1.807, 2.05) is 19.9 Å². The Morgan fingerprint density at radius 3 is 2.55 bits per heavy atom. The number of rotatable bonds is 7. The van der Waals surface area contributed by atoms with Crippen molar-refractivity contribution in [3.8, 4) is 0 Å². The van der Waals surface area contributed by atoms with Gasteiger partial charge in [0, 0.05) is 26.2 Å². The largest absolute Gasteiger partial charge is 0.382 e. The van der Waals surface area contributed by atoms with E-state index < -0.39 is 0 Å². The fourth-order valence-electron chi connectivity index (χ4n) is 0.827. The lowest BCUT2D eigenvalue weighted by molar-refractivity contribution is 0.0565. The molecule has 2 heteroatoms. The zero-order valence-corrected chi connectivity index (χ0v) is 7.51. The highest BCUT2D eigenvalue weighted by atomic mass is 16.5. The topological polar surface area (TPSA) is 18.5 Å². The van der Waals surface area contributed by atoms with Crippen molar-refractivity contribution in [2.75, 3.05) is 19.8 Å². The third-order valence-corrected chi connectivity index (χ3v) is 1.39. The van der Waals surface area contributed by atoms with Crippen molar-refractivity contribution in [1.82, 2.24) is 0 Å². The standard InChI is InChI=1S/C9H18O2/c1-4-9(11-6-3)7-8-10-5-2/h4,9H,1,5-8H2,2-3H3. The van der Waals surface area contributed by atoms with E-state index >= 15 is 0 Å². The van der Waals surface area contributed by atoms with E-state index in [1.165, 1.54) is 0 Å². The predicted molar refractivity (Wildman–Crippen MR) is 46.7 cm³/mol. The molecule has 2 nitrogen and oxygen atoms in total. The Balaban J connectivity index is 3.28. The average Bonchev–Trinajstić information content (AvgIpc) is 2.03. The van der Waals surface area contributed by atoms with Gasteiger partial charge in [0.05, 0.1) is 6.10 Å². The smallest absolute Gasteiger partial charge is 0.0775 e. The van der Waals surface area contributed by atoms with Crippen LogP contribution in [0.3, 0.4) is 0 Å². The molecule has 66 valence electrons. The molecule has 1 unspecified atom stereocenters. The highest BCUT2D eigenvalue weighted by Crippen LogP contribution is 1.99. The highest BCUT2D eigenvalue weighted by molar-refractivity contribution is 4.79. The quantitative estimate of drug-likeness (QED) is 0.417. The van der Waals surface area contributed by atoms with Crippen molar-refractivity contribution in [3.05, 3.63) is 12.7 Å². The number of hydrogen-bond donors (Lipinski definition) is 0. The maximum Gasteiger partial charge on any atom is 0.0775 e. The molecule has 0 saturated heterocycles. The summed E-state index contributed by atoms with van der Waals surface area (Å²) >= 11 is 0. The van der Waals surface area contributed by atoms with Crippen LogP contribution >= 0.6 is 0 Å². The van der Waals surface area contributed by atoms with Crippen LogP contribution in [-0.4, -0.2) is 25.9 Å². The van der Waals surface area contributed by atoms with Crippen molar-refractivity contribution < 1.29 is 9.47 Å². The van der Waals surface area contributed by atoms with Gasteiger partial charge < -0.3 is 9.47 Å². The van der Waals surface area contributed by atoms with E-state index in [0.29, 0.717) is 0 Å². The molecular weight excluding hydrogens is 140 g/mol. The Labute approximate surface area is 69.2 Å². The van der Waals surface area contributed by atoms with E-state index in [-0.39, 0.29) is 6.10 Å². The number of ether oxygens (including phenoxy) is 2. The van der Waals surface area contributed by atoms with Gasteiger partial charge in [-0.1, -0.05) is 6.08 Å². The molecule has 0 aromatic heterocycles. The van der Waals surface area contributed by atoms with Crippen LogP contribution in [0, 0.1) is 0 Å². The van der Waals surface area contributed by atoms with Gasteiger partial charge in [0.1, 0.15) is 0 Å². The molecule has 1 atom stereocenters. The molecule has 0 aliphatic heterocycles. The maximum atomic E-state index is 5.34. The van der Waals surface area contributed by atoms with Gasteiger partial charge in [-0.3, -0.25) is 0 Å². The summed E-state index contributed by atoms with van der Waals surface area (Å²) in [5.74, 6) is 0. The Bertz CT molecular complexity index is 91.6. The van der Waals surface area contributed by atoms with Gasteiger partial charge in [-0.2, -0.15) is 0 Å². The summed E-state index contributed by atoms with van der Waals surface area (Å²) in [6.45, 7) is 9.92. The SMILES string of the molecule is C=CC(CCOCC)OCC. The van der Waals surface area contributed by atoms with Gasteiger partial charge in [0.25, 0.3) is 0 Å². The van der Waals surface area contributed by atoms with Crippen LogP contribution in [0.15, 0.2) is 12.7 Å². The average molecular weight is 158 g/mol. The summed E-state index contributed by atoms with van der Waals surface area (Å²) in [7, 11) is 0. The highest BCUT2D eigenvalue weighted by Gasteiger charge is 2.01. The first-order valence-electron chi connectivity index (χ1n) is 4.17. The minimum Gasteiger partial charge on any atom is -0.382 e. The molecule has 0 aliphatic carbocycles. The Hall–Kier alpha value is -0.340. The first-order valence-corrected chi connectivity index (χ1v) is 4.17. The molecule has 0 amide bonds. The monoisotopic (exact) mass is 158 g/mol. The van der Waals surface area contributed by atoms with E-state index in [0.717, 1.165) is 26.2 Å². The zero-order valence-electron chi connectivity index (χ0n) is 7.51. The van der Waals surface area contributed by atoms with Crippen LogP contribution in [0.4, 0.5) is 0 Å². The molecule has 0 radical (unpaired) electrons. The van der Waals surface area contributed by atoms with Crippen molar-refractivity contribution in [2.45, 2.75) is 26.4 Å². The second-order valence-corrected chi connectivity index (χ2v) is 2.22. The van der Waals surface area contributed by atoms with Crippen LogP contribution in [0.2, 0.25) is 0 Å². The summed E-state index contributed by atoms with van der Waals surface area (Å²) in [5, 5.41) is 0. The van der Waals surface area contributed by atoms with E-state index in [4.69, 9.17) is 9.47 Å². The van der Waals surface area contributed by atoms with Gasteiger partial charge in [-0.15, -0.1) is 6.58 Å². The molecular formula is C9H18O2. The second kappa shape index (κ2) is 7.76. The lowest BCUT2D eigenvalue weighted by Gasteiger charge is -2.11. The summed E-state index contributed by atoms with van der Waals surface area (Å²) in [6.07, 6.45) is 2.89. The minimum atomic E-state index is 0.159. The molecule has 0 rings (SSSR count). The van der Waals surface area contributed by atoms with Gasteiger partial charge in [-0.25, -0.2) is 0 Å². The minimum absolute atomic E-state index is 0.159. The van der Waals surface area contributed by atoms with Crippen LogP contribution in [0.5, 0.6) is 0 Å².